The summed E-state index contributed by atoms with van der Waals surface area (Å²) in [7, 11) is 0.0752. The van der Waals surface area contributed by atoms with Gasteiger partial charge in [-0.25, -0.2) is 0 Å². The third kappa shape index (κ3) is 16.8. The van der Waals surface area contributed by atoms with Gasteiger partial charge in [0.05, 0.1) is 22.2 Å². The smallest absolute Gasteiger partial charge is 0.423 e. The standard InChI is InChI=1S/C15H15N.C15H11N.C10H12Br2.C9H6BrN.C6H12BO2.C6H7BO2/c2*1-2-6-12(7-3-1)13-8-4-10-15-14(13)9-5-11-16-15;1-10(2,3)7-4-8(11)6-9(12)5-7;10-8-4-1-5-9-7(8)3-2-6-11-9;1-5(2)6(3,4)9-7-8-5;8-7(9)6-4-2-1-3-5-6/h1-4,6-8,10,16H,5,9,11H2;1-11H;4-6H,1-3H3;1-6H;1-4H3;1-5,8-9H. The summed E-state index contributed by atoms with van der Waals surface area (Å²) in [5.41, 5.74) is 11.7. The van der Waals surface area contributed by atoms with Gasteiger partial charge in [0.1, 0.15) is 0 Å². The molecule has 3 N–H and O–H groups in total. The lowest BCUT2D eigenvalue weighted by atomic mass is 9.81. The Morgan fingerprint density at radius 2 is 1.05 bits per heavy atom. The molecule has 11 rings (SSSR count). The molecule has 12 heteroatoms. The number of benzene rings is 7. The summed E-state index contributed by atoms with van der Waals surface area (Å²) < 4.78 is 13.8. The maximum absolute atomic E-state index is 8.58. The highest BCUT2D eigenvalue weighted by Gasteiger charge is 2.44. The molecule has 0 bridgehead atoms. The Labute approximate surface area is 458 Å². The second-order valence-corrected chi connectivity index (χ2v) is 22.0. The number of pyridine rings is 2. The minimum absolute atomic E-state index is 0.187. The van der Waals surface area contributed by atoms with Gasteiger partial charge in [-0.2, -0.15) is 0 Å². The predicted octanol–water partition coefficient (Wildman–Crippen LogP) is 15.6. The van der Waals surface area contributed by atoms with Gasteiger partial charge in [-0.15, -0.1) is 0 Å². The van der Waals surface area contributed by atoms with Gasteiger partial charge < -0.3 is 24.7 Å². The van der Waals surface area contributed by atoms with Crippen LogP contribution in [0.25, 0.3) is 44.1 Å². The molecule has 0 aliphatic carbocycles. The molecule has 2 aliphatic rings. The predicted molar refractivity (Wildman–Crippen MR) is 318 cm³/mol. The molecule has 0 amide bonds. The molecular formula is C61H63B2Br3N3O4. The van der Waals surface area contributed by atoms with Gasteiger partial charge >= 0.3 is 14.8 Å². The Hall–Kier alpha value is -5.43. The molecule has 73 heavy (non-hydrogen) atoms. The number of nitrogens with one attached hydrogen (secondary N) is 1. The molecule has 7 nitrogen and oxygen atoms in total. The summed E-state index contributed by atoms with van der Waals surface area (Å²) in [5, 5.41) is 23.0. The molecule has 0 unspecified atom stereocenters. The minimum atomic E-state index is -1.34. The third-order valence-corrected chi connectivity index (χ3v) is 14.1. The highest BCUT2D eigenvalue weighted by atomic mass is 79.9. The summed E-state index contributed by atoms with van der Waals surface area (Å²) in [6.45, 7) is 15.8. The maximum atomic E-state index is 8.58. The fourth-order valence-corrected chi connectivity index (χ4v) is 9.38. The zero-order valence-electron chi connectivity index (χ0n) is 42.6. The van der Waals surface area contributed by atoms with Crippen LogP contribution in [0.1, 0.15) is 66.0 Å². The number of hydrogen-bond acceptors (Lipinski definition) is 7. The van der Waals surface area contributed by atoms with Gasteiger partial charge in [-0.1, -0.05) is 202 Å². The lowest BCUT2D eigenvalue weighted by Crippen LogP contribution is -2.41. The van der Waals surface area contributed by atoms with Crippen LogP contribution in [0.4, 0.5) is 5.69 Å². The SMILES string of the molecule is Brc1cccc2ncccc12.CC(C)(C)c1cc(Br)cc(Br)c1.CC1(C)O[B]OC1(C)C.OB(O)c1ccccc1.c1ccc(-c2cccc3c2CCCN3)cc1.c1ccc(-c2cccc3ncccc23)cc1. The van der Waals surface area contributed by atoms with Crippen molar-refractivity contribution in [3.63, 3.8) is 0 Å². The van der Waals surface area contributed by atoms with E-state index < -0.39 is 7.12 Å². The van der Waals surface area contributed by atoms with E-state index in [1.54, 1.807) is 30.5 Å². The summed E-state index contributed by atoms with van der Waals surface area (Å²) in [6.07, 6.45) is 6.05. The van der Waals surface area contributed by atoms with E-state index in [4.69, 9.17) is 19.4 Å². The number of anilines is 1. The molecule has 9 aromatic rings. The molecule has 0 saturated carbocycles. The molecule has 0 atom stereocenters. The van der Waals surface area contributed by atoms with Gasteiger partial charge in [-0.05, 0) is 139 Å². The summed E-state index contributed by atoms with van der Waals surface area (Å²) in [6, 6.07) is 62.9. The second kappa shape index (κ2) is 27.2. The average Bonchev–Trinajstić information content (AvgIpc) is 3.65. The maximum Gasteiger partial charge on any atom is 0.488 e. The van der Waals surface area contributed by atoms with E-state index in [-0.39, 0.29) is 16.6 Å². The normalized spacial score (nSPS) is 13.6. The first-order valence-electron chi connectivity index (χ1n) is 24.3. The minimum Gasteiger partial charge on any atom is -0.423 e. The first kappa shape index (κ1) is 56.9. The Kier molecular flexibility index (Phi) is 21.2. The van der Waals surface area contributed by atoms with Crippen LogP contribution in [0.15, 0.2) is 214 Å². The zero-order chi connectivity index (χ0) is 52.4. The topological polar surface area (TPSA) is 96.7 Å². The number of fused-ring (bicyclic) bond motifs is 3. The van der Waals surface area contributed by atoms with Crippen LogP contribution < -0.4 is 10.8 Å². The number of rotatable bonds is 3. The van der Waals surface area contributed by atoms with Crippen molar-refractivity contribution in [3.05, 3.63) is 225 Å². The van der Waals surface area contributed by atoms with Gasteiger partial charge in [0.25, 0.3) is 0 Å². The van der Waals surface area contributed by atoms with E-state index in [9.17, 15) is 0 Å². The lowest BCUT2D eigenvalue weighted by molar-refractivity contribution is 0.00578. The van der Waals surface area contributed by atoms with E-state index in [1.807, 2.05) is 88.5 Å². The first-order valence-corrected chi connectivity index (χ1v) is 26.7. The number of halogens is 3. The summed E-state index contributed by atoms with van der Waals surface area (Å²) in [4.78, 5) is 8.58. The third-order valence-electron chi connectivity index (χ3n) is 12.5. The van der Waals surface area contributed by atoms with Crippen LogP contribution in [0.2, 0.25) is 0 Å². The molecule has 1 radical (unpaired) electrons. The van der Waals surface area contributed by atoms with E-state index in [0.29, 0.717) is 5.46 Å². The van der Waals surface area contributed by atoms with Crippen molar-refractivity contribution in [1.82, 2.24) is 9.97 Å². The van der Waals surface area contributed by atoms with Gasteiger partial charge in [0.15, 0.2) is 0 Å². The zero-order valence-corrected chi connectivity index (χ0v) is 47.3. The van der Waals surface area contributed by atoms with Crippen LogP contribution in [-0.4, -0.2) is 52.6 Å². The van der Waals surface area contributed by atoms with Crippen molar-refractivity contribution in [2.24, 2.45) is 0 Å². The van der Waals surface area contributed by atoms with E-state index >= 15 is 0 Å². The van der Waals surface area contributed by atoms with Crippen molar-refractivity contribution in [2.75, 3.05) is 11.9 Å². The Bertz CT molecular complexity index is 3080. The van der Waals surface area contributed by atoms with E-state index in [2.05, 4.69) is 193 Å². The molecule has 1 saturated heterocycles. The van der Waals surface area contributed by atoms with Crippen LogP contribution in [-0.2, 0) is 21.1 Å². The summed E-state index contributed by atoms with van der Waals surface area (Å²) in [5.74, 6) is 0. The second-order valence-electron chi connectivity index (χ2n) is 19.3. The van der Waals surface area contributed by atoms with E-state index in [0.717, 1.165) is 36.4 Å². The van der Waals surface area contributed by atoms with Crippen LogP contribution in [0.5, 0.6) is 0 Å². The monoisotopic (exact) mass is 1160 g/mol. The van der Waals surface area contributed by atoms with Gasteiger partial charge in [0, 0.05) is 48.8 Å². The molecule has 4 heterocycles. The summed E-state index contributed by atoms with van der Waals surface area (Å²) >= 11 is 10.4. The Morgan fingerprint density at radius 1 is 0.562 bits per heavy atom. The van der Waals surface area contributed by atoms with E-state index in [1.165, 1.54) is 65.0 Å². The fraction of sp³-hybridized carbons (Fsp3) is 0.213. The van der Waals surface area contributed by atoms with Crippen LogP contribution in [0, 0.1) is 0 Å². The van der Waals surface area contributed by atoms with Crippen LogP contribution >= 0.6 is 47.8 Å². The molecular weight excluding hydrogens is 1100 g/mol. The van der Waals surface area contributed by atoms with Gasteiger partial charge in [-0.3, -0.25) is 9.97 Å². The van der Waals surface area contributed by atoms with Crippen LogP contribution in [0.3, 0.4) is 0 Å². The largest absolute Gasteiger partial charge is 0.488 e. The van der Waals surface area contributed by atoms with Crippen molar-refractivity contribution >= 4 is 95.5 Å². The number of hydrogen-bond donors (Lipinski definition) is 3. The Balaban J connectivity index is 0.000000145. The molecule has 1 fully saturated rings. The molecule has 373 valence electrons. The van der Waals surface area contributed by atoms with Crippen molar-refractivity contribution in [1.29, 1.82) is 0 Å². The Morgan fingerprint density at radius 3 is 1.56 bits per heavy atom. The average molecular weight is 1160 g/mol. The molecule has 2 aliphatic heterocycles. The molecule has 0 spiro atoms. The van der Waals surface area contributed by atoms with Crippen molar-refractivity contribution in [3.8, 4) is 22.3 Å². The van der Waals surface area contributed by atoms with Crippen molar-refractivity contribution in [2.45, 2.75) is 77.9 Å². The molecule has 2 aromatic heterocycles. The first-order chi connectivity index (χ1) is 34.9. The lowest BCUT2D eigenvalue weighted by Gasteiger charge is -2.32. The highest BCUT2D eigenvalue weighted by Crippen LogP contribution is 2.34. The number of nitrogens with zero attached hydrogens (tertiary/aromatic N) is 2. The van der Waals surface area contributed by atoms with Gasteiger partial charge in [0.2, 0.25) is 0 Å². The quantitative estimate of drug-likeness (QED) is 0.152. The molecule has 7 aromatic carbocycles. The van der Waals surface area contributed by atoms with Crippen molar-refractivity contribution < 1.29 is 19.4 Å². The fourth-order valence-electron chi connectivity index (χ4n) is 7.60. The highest BCUT2D eigenvalue weighted by molar-refractivity contribution is 9.11. The number of aromatic nitrogens is 2.